The number of ketones is 1. The van der Waals surface area contributed by atoms with Crippen LogP contribution in [0.5, 0.6) is 0 Å². The monoisotopic (exact) mass is 483 g/mol. The van der Waals surface area contributed by atoms with Crippen molar-refractivity contribution < 1.29 is 28.3 Å². The number of hydrogen-bond donors (Lipinski definition) is 1. The van der Waals surface area contributed by atoms with Crippen LogP contribution in [0.2, 0.25) is 0 Å². The minimum absolute atomic E-state index is 0.112. The molecular weight excluding hydrogens is 453 g/mol. The summed E-state index contributed by atoms with van der Waals surface area (Å²) in [6, 6.07) is 8.23. The summed E-state index contributed by atoms with van der Waals surface area (Å²) in [6.45, 7) is 2.29. The highest BCUT2D eigenvalue weighted by Gasteiger charge is 2.51. The molecule has 1 aromatic heterocycles. The SMILES string of the molecule is CC(C)[C@@]1(C(=O)N[C@@H](CC(=O)OC2CCCC2)C(=O)CF)CC(c2nccc3ccccc23)=NO1. The molecule has 0 spiro atoms. The first-order valence-corrected chi connectivity index (χ1v) is 12.0. The van der Waals surface area contributed by atoms with Crippen molar-refractivity contribution in [3.8, 4) is 0 Å². The third-order valence-corrected chi connectivity index (χ3v) is 6.81. The third-order valence-electron chi connectivity index (χ3n) is 6.81. The summed E-state index contributed by atoms with van der Waals surface area (Å²) in [5, 5.41) is 8.59. The zero-order chi connectivity index (χ0) is 25.0. The number of fused-ring (bicyclic) bond motifs is 1. The van der Waals surface area contributed by atoms with Gasteiger partial charge < -0.3 is 14.9 Å². The molecule has 2 aromatic rings. The number of esters is 1. The quantitative estimate of drug-likeness (QED) is 0.546. The third kappa shape index (κ3) is 5.18. The molecule has 1 amide bonds. The first-order valence-electron chi connectivity index (χ1n) is 12.0. The summed E-state index contributed by atoms with van der Waals surface area (Å²) < 4.78 is 18.7. The number of nitrogens with zero attached hydrogens (tertiary/aromatic N) is 2. The van der Waals surface area contributed by atoms with Crippen LogP contribution in [-0.2, 0) is 24.0 Å². The van der Waals surface area contributed by atoms with Gasteiger partial charge in [0.1, 0.15) is 24.5 Å². The Bertz CT molecular complexity index is 1140. The van der Waals surface area contributed by atoms with Crippen molar-refractivity contribution in [3.05, 3.63) is 42.2 Å². The molecule has 35 heavy (non-hydrogen) atoms. The van der Waals surface area contributed by atoms with Gasteiger partial charge in [0.25, 0.3) is 5.91 Å². The van der Waals surface area contributed by atoms with Crippen LogP contribution in [0.3, 0.4) is 0 Å². The number of rotatable bonds is 9. The Balaban J connectivity index is 1.51. The number of nitrogens with one attached hydrogen (secondary N) is 1. The van der Waals surface area contributed by atoms with E-state index in [2.05, 4.69) is 15.5 Å². The molecule has 186 valence electrons. The maximum atomic E-state index is 13.4. The molecule has 4 rings (SSSR count). The van der Waals surface area contributed by atoms with Gasteiger partial charge in [-0.05, 0) is 37.1 Å². The van der Waals surface area contributed by atoms with Crippen molar-refractivity contribution in [2.75, 3.05) is 6.67 Å². The fourth-order valence-corrected chi connectivity index (χ4v) is 4.65. The van der Waals surface area contributed by atoms with Gasteiger partial charge in [0, 0.05) is 23.9 Å². The standard InChI is InChI=1S/C26H30FN3O5/c1-16(2)26(14-21(30-35-26)24-19-10-6-3-7-17(19)11-12-28-24)25(33)29-20(22(31)15-27)13-23(32)34-18-8-4-5-9-18/h3,6-7,10-12,16,18,20H,4-5,8-9,13-15H2,1-2H3,(H,29,33)/t20-,26+/m0/s1. The van der Waals surface area contributed by atoms with E-state index in [0.717, 1.165) is 36.5 Å². The predicted molar refractivity (Wildman–Crippen MR) is 127 cm³/mol. The lowest BCUT2D eigenvalue weighted by Crippen LogP contribution is -2.56. The number of benzene rings is 1. The van der Waals surface area contributed by atoms with Crippen molar-refractivity contribution in [2.45, 2.75) is 70.1 Å². The van der Waals surface area contributed by atoms with Gasteiger partial charge in [-0.25, -0.2) is 4.39 Å². The molecule has 1 aliphatic carbocycles. The van der Waals surface area contributed by atoms with Crippen molar-refractivity contribution >= 4 is 34.1 Å². The van der Waals surface area contributed by atoms with Crippen LogP contribution in [0.1, 0.15) is 58.1 Å². The summed E-state index contributed by atoms with van der Waals surface area (Å²) >= 11 is 0. The zero-order valence-electron chi connectivity index (χ0n) is 20.0. The number of Topliss-reactive ketones (excluding diaryl/α,β-unsaturated/α-hetero) is 1. The van der Waals surface area contributed by atoms with E-state index in [1.54, 1.807) is 20.0 Å². The number of carbonyl (C=O) groups is 3. The minimum atomic E-state index is -1.43. The minimum Gasteiger partial charge on any atom is -0.462 e. The van der Waals surface area contributed by atoms with Crippen LogP contribution in [-0.4, -0.2) is 52.8 Å². The van der Waals surface area contributed by atoms with Crippen LogP contribution in [0, 0.1) is 5.92 Å². The van der Waals surface area contributed by atoms with Gasteiger partial charge in [0.15, 0.2) is 5.78 Å². The highest BCUT2D eigenvalue weighted by molar-refractivity contribution is 6.12. The van der Waals surface area contributed by atoms with Gasteiger partial charge in [-0.2, -0.15) is 0 Å². The summed E-state index contributed by atoms with van der Waals surface area (Å²) in [7, 11) is 0. The molecule has 1 aliphatic heterocycles. The summed E-state index contributed by atoms with van der Waals surface area (Å²) in [6.07, 6.45) is 4.65. The van der Waals surface area contributed by atoms with Crippen molar-refractivity contribution in [1.82, 2.24) is 10.3 Å². The molecule has 2 aliphatic rings. The van der Waals surface area contributed by atoms with Crippen LogP contribution >= 0.6 is 0 Å². The Hall–Kier alpha value is -3.36. The molecular formula is C26H30FN3O5. The van der Waals surface area contributed by atoms with E-state index in [0.29, 0.717) is 11.4 Å². The maximum Gasteiger partial charge on any atom is 0.308 e. The second-order valence-corrected chi connectivity index (χ2v) is 9.46. The van der Waals surface area contributed by atoms with Gasteiger partial charge in [0.05, 0.1) is 12.1 Å². The molecule has 9 heteroatoms. The smallest absolute Gasteiger partial charge is 0.308 e. The molecule has 0 radical (unpaired) electrons. The number of carbonyl (C=O) groups excluding carboxylic acids is 3. The van der Waals surface area contributed by atoms with Crippen molar-refractivity contribution in [1.29, 1.82) is 0 Å². The normalized spacial score (nSPS) is 21.0. The van der Waals surface area contributed by atoms with E-state index < -0.39 is 42.4 Å². The molecule has 0 unspecified atom stereocenters. The summed E-state index contributed by atoms with van der Waals surface area (Å²) in [5.74, 6) is -2.50. The van der Waals surface area contributed by atoms with Crippen LogP contribution in [0.15, 0.2) is 41.7 Å². The average Bonchev–Trinajstić information content (AvgIpc) is 3.53. The topological polar surface area (TPSA) is 107 Å². The van der Waals surface area contributed by atoms with Gasteiger partial charge >= 0.3 is 5.97 Å². The molecule has 1 N–H and O–H groups in total. The molecule has 8 nitrogen and oxygen atoms in total. The Morgan fingerprint density at radius 1 is 1.20 bits per heavy atom. The lowest BCUT2D eigenvalue weighted by atomic mass is 9.83. The number of amides is 1. The highest BCUT2D eigenvalue weighted by atomic mass is 19.1. The maximum absolute atomic E-state index is 13.4. The Morgan fingerprint density at radius 3 is 2.66 bits per heavy atom. The van der Waals surface area contributed by atoms with Crippen molar-refractivity contribution in [3.63, 3.8) is 0 Å². The van der Waals surface area contributed by atoms with E-state index in [1.165, 1.54) is 0 Å². The second-order valence-electron chi connectivity index (χ2n) is 9.46. The molecule has 0 bridgehead atoms. The highest BCUT2D eigenvalue weighted by Crippen LogP contribution is 2.35. The van der Waals surface area contributed by atoms with Crippen LogP contribution < -0.4 is 5.32 Å². The first kappa shape index (κ1) is 24.8. The molecule has 2 atom stereocenters. The van der Waals surface area contributed by atoms with E-state index in [9.17, 15) is 18.8 Å². The van der Waals surface area contributed by atoms with Crippen LogP contribution in [0.25, 0.3) is 10.8 Å². The van der Waals surface area contributed by atoms with E-state index >= 15 is 0 Å². The van der Waals surface area contributed by atoms with E-state index in [4.69, 9.17) is 9.57 Å². The Labute approximate surface area is 203 Å². The summed E-state index contributed by atoms with van der Waals surface area (Å²) in [5.41, 5.74) is -0.326. The zero-order valence-corrected chi connectivity index (χ0v) is 20.0. The molecule has 1 saturated carbocycles. The Morgan fingerprint density at radius 2 is 1.94 bits per heavy atom. The number of hydrogen-bond acceptors (Lipinski definition) is 7. The van der Waals surface area contributed by atoms with Gasteiger partial charge in [-0.3, -0.25) is 19.4 Å². The number of pyridine rings is 1. The molecule has 1 fully saturated rings. The fourth-order valence-electron chi connectivity index (χ4n) is 4.65. The average molecular weight is 484 g/mol. The molecule has 1 aromatic carbocycles. The lowest BCUT2D eigenvalue weighted by Gasteiger charge is -2.30. The van der Waals surface area contributed by atoms with Gasteiger partial charge in [-0.15, -0.1) is 0 Å². The fraction of sp³-hybridized carbons (Fsp3) is 0.500. The lowest BCUT2D eigenvalue weighted by molar-refractivity contribution is -0.154. The number of alkyl halides is 1. The Kier molecular flexibility index (Phi) is 7.42. The molecule has 2 heterocycles. The largest absolute Gasteiger partial charge is 0.462 e. The van der Waals surface area contributed by atoms with Gasteiger partial charge in [-0.1, -0.05) is 43.3 Å². The number of ether oxygens (including phenoxy) is 1. The molecule has 0 saturated heterocycles. The predicted octanol–water partition coefficient (Wildman–Crippen LogP) is 3.65. The van der Waals surface area contributed by atoms with Crippen LogP contribution in [0.4, 0.5) is 4.39 Å². The first-order chi connectivity index (χ1) is 16.8. The second kappa shape index (κ2) is 10.5. The number of halogens is 1. The summed E-state index contributed by atoms with van der Waals surface area (Å²) in [4.78, 5) is 48.3. The van der Waals surface area contributed by atoms with Gasteiger partial charge in [0.2, 0.25) is 5.60 Å². The number of aromatic nitrogens is 1. The van der Waals surface area contributed by atoms with E-state index in [1.807, 2.05) is 30.3 Å². The van der Waals surface area contributed by atoms with E-state index in [-0.39, 0.29) is 18.4 Å². The number of oxime groups is 1. The van der Waals surface area contributed by atoms with Crippen molar-refractivity contribution in [2.24, 2.45) is 11.1 Å².